The van der Waals surface area contributed by atoms with Crippen molar-refractivity contribution in [3.63, 3.8) is 0 Å². The summed E-state index contributed by atoms with van der Waals surface area (Å²) >= 11 is 0. The van der Waals surface area contributed by atoms with Crippen LogP contribution in [0.25, 0.3) is 22.3 Å². The number of methoxy groups -OCH3 is 1. The predicted octanol–water partition coefficient (Wildman–Crippen LogP) is 2.67. The summed E-state index contributed by atoms with van der Waals surface area (Å²) in [5.74, 6) is 0. The van der Waals surface area contributed by atoms with Crippen LogP contribution >= 0.6 is 9.24 Å². The topological polar surface area (TPSA) is 81.4 Å². The number of aldehydes is 1. The van der Waals surface area contributed by atoms with Gasteiger partial charge >= 0.3 is 0 Å². The van der Waals surface area contributed by atoms with Gasteiger partial charge in [0.05, 0.1) is 30.1 Å². The van der Waals surface area contributed by atoms with E-state index in [1.54, 1.807) is 17.6 Å². The van der Waals surface area contributed by atoms with Crippen LogP contribution < -0.4 is 10.9 Å². The van der Waals surface area contributed by atoms with Gasteiger partial charge in [0.2, 0.25) is 0 Å². The Hall–Kier alpha value is -2.40. The number of rotatable bonds is 5. The van der Waals surface area contributed by atoms with Crippen molar-refractivity contribution in [2.24, 2.45) is 0 Å². The SMILES string of the molecule is CC[C@@](O)(C=O)c1cc2n(c(=O)c1COC)Cc1c-2nc2cc(P)c(C)c3c2c1CCC3. The number of nitrogens with zero attached hydrogens (tertiary/aromatic N) is 2. The van der Waals surface area contributed by atoms with E-state index < -0.39 is 5.60 Å². The lowest BCUT2D eigenvalue weighted by Gasteiger charge is -2.24. The van der Waals surface area contributed by atoms with E-state index in [2.05, 4.69) is 22.2 Å². The van der Waals surface area contributed by atoms with E-state index in [4.69, 9.17) is 9.72 Å². The van der Waals surface area contributed by atoms with E-state index in [0.717, 1.165) is 41.3 Å². The number of ether oxygens (including phenoxy) is 1. The number of aromatic nitrogens is 2. The number of benzene rings is 1. The number of hydrogen-bond acceptors (Lipinski definition) is 5. The van der Waals surface area contributed by atoms with Gasteiger partial charge in [0.15, 0.2) is 6.29 Å². The number of aryl methyl sites for hydroxylation is 2. The summed E-state index contributed by atoms with van der Waals surface area (Å²) in [4.78, 5) is 30.4. The molecule has 3 aromatic rings. The van der Waals surface area contributed by atoms with E-state index >= 15 is 0 Å². The largest absolute Gasteiger partial charge is 0.380 e. The molecule has 0 spiro atoms. The van der Waals surface area contributed by atoms with E-state index in [9.17, 15) is 14.7 Å². The summed E-state index contributed by atoms with van der Waals surface area (Å²) in [6, 6.07) is 3.87. The van der Waals surface area contributed by atoms with Gasteiger partial charge in [0.25, 0.3) is 5.56 Å². The molecule has 5 rings (SSSR count). The van der Waals surface area contributed by atoms with Crippen LogP contribution in [-0.4, -0.2) is 28.1 Å². The molecule has 166 valence electrons. The first-order chi connectivity index (χ1) is 15.3. The van der Waals surface area contributed by atoms with Gasteiger partial charge in [-0.15, -0.1) is 9.24 Å². The Kier molecular flexibility index (Phi) is 5.08. The number of aliphatic hydroxyl groups is 1. The third kappa shape index (κ3) is 2.86. The van der Waals surface area contributed by atoms with Crippen LogP contribution in [0.4, 0.5) is 0 Å². The monoisotopic (exact) mass is 450 g/mol. The summed E-state index contributed by atoms with van der Waals surface area (Å²) in [5, 5.41) is 13.4. The lowest BCUT2D eigenvalue weighted by Crippen LogP contribution is -2.34. The molecular formula is C25H27N2O4P. The molecule has 7 heteroatoms. The maximum absolute atomic E-state index is 13.5. The number of carbonyl (C=O) groups is 1. The molecule has 3 heterocycles. The molecule has 2 aromatic heterocycles. The highest BCUT2D eigenvalue weighted by Crippen LogP contribution is 2.41. The molecule has 1 aliphatic heterocycles. The van der Waals surface area contributed by atoms with Gasteiger partial charge in [-0.05, 0) is 66.7 Å². The molecule has 1 unspecified atom stereocenters. The molecule has 1 aliphatic carbocycles. The zero-order valence-corrected chi connectivity index (χ0v) is 19.8. The Morgan fingerprint density at radius 1 is 1.28 bits per heavy atom. The quantitative estimate of drug-likeness (QED) is 0.374. The van der Waals surface area contributed by atoms with E-state index in [0.29, 0.717) is 29.7 Å². The number of fused-ring (bicyclic) bond motifs is 4. The summed E-state index contributed by atoms with van der Waals surface area (Å²) in [6.07, 6.45) is 3.74. The van der Waals surface area contributed by atoms with Crippen molar-refractivity contribution in [1.82, 2.24) is 9.55 Å². The average Bonchev–Trinajstić information content (AvgIpc) is 3.17. The molecule has 6 nitrogen and oxygen atoms in total. The standard InChI is InChI=1S/C25H27N2O4P/c1-4-25(30,12-28)18-8-20-23-16(10-27(20)24(29)17(18)11-31-3)15-7-5-6-14-13(2)21(32)9-19(26-23)22(14)15/h8-9,12,30H,4-7,10-11,32H2,1-3H3/t25-/m1/s1. The van der Waals surface area contributed by atoms with E-state index in [1.165, 1.54) is 29.2 Å². The smallest absolute Gasteiger partial charge is 0.257 e. The maximum atomic E-state index is 13.5. The van der Waals surface area contributed by atoms with Crippen LogP contribution in [0.2, 0.25) is 0 Å². The highest BCUT2D eigenvalue weighted by molar-refractivity contribution is 7.27. The minimum Gasteiger partial charge on any atom is -0.380 e. The highest BCUT2D eigenvalue weighted by atomic mass is 31.0. The predicted molar refractivity (Wildman–Crippen MR) is 128 cm³/mol. The molecular weight excluding hydrogens is 423 g/mol. The third-order valence-electron chi connectivity index (χ3n) is 7.22. The molecule has 32 heavy (non-hydrogen) atoms. The Morgan fingerprint density at radius 2 is 2.03 bits per heavy atom. The maximum Gasteiger partial charge on any atom is 0.257 e. The normalized spacial score (nSPS) is 16.0. The van der Waals surface area contributed by atoms with Gasteiger partial charge in [-0.1, -0.05) is 6.92 Å². The molecule has 0 bridgehead atoms. The fourth-order valence-electron chi connectivity index (χ4n) is 5.37. The van der Waals surface area contributed by atoms with Gasteiger partial charge in [-0.3, -0.25) is 9.59 Å². The highest BCUT2D eigenvalue weighted by Gasteiger charge is 2.36. The second kappa shape index (κ2) is 7.58. The van der Waals surface area contributed by atoms with Gasteiger partial charge in [0.1, 0.15) is 5.60 Å². The summed E-state index contributed by atoms with van der Waals surface area (Å²) in [6.45, 7) is 4.37. The zero-order valence-electron chi connectivity index (χ0n) is 18.6. The fourth-order valence-corrected chi connectivity index (χ4v) is 5.70. The second-order valence-electron chi connectivity index (χ2n) is 8.88. The van der Waals surface area contributed by atoms with Crippen LogP contribution in [0.5, 0.6) is 0 Å². The number of hydrogen-bond donors (Lipinski definition) is 1. The van der Waals surface area contributed by atoms with Crippen molar-refractivity contribution in [2.45, 2.75) is 58.3 Å². The van der Waals surface area contributed by atoms with Crippen molar-refractivity contribution in [3.05, 3.63) is 55.9 Å². The van der Waals surface area contributed by atoms with Crippen molar-refractivity contribution < 1.29 is 14.6 Å². The van der Waals surface area contributed by atoms with Crippen LogP contribution in [0.3, 0.4) is 0 Å². The molecule has 0 radical (unpaired) electrons. The van der Waals surface area contributed by atoms with Gasteiger partial charge < -0.3 is 14.4 Å². The van der Waals surface area contributed by atoms with Gasteiger partial charge in [0, 0.05) is 29.2 Å². The average molecular weight is 450 g/mol. The molecule has 1 N–H and O–H groups in total. The zero-order chi connectivity index (χ0) is 22.8. The summed E-state index contributed by atoms with van der Waals surface area (Å²) in [7, 11) is 4.32. The fraction of sp³-hybridized carbons (Fsp3) is 0.400. The van der Waals surface area contributed by atoms with Gasteiger partial charge in [-0.2, -0.15) is 0 Å². The third-order valence-corrected chi connectivity index (χ3v) is 7.82. The molecule has 0 saturated carbocycles. The lowest BCUT2D eigenvalue weighted by molar-refractivity contribution is -0.125. The summed E-state index contributed by atoms with van der Waals surface area (Å²) in [5.41, 5.74) is 6.04. The van der Waals surface area contributed by atoms with Crippen molar-refractivity contribution in [2.75, 3.05) is 7.11 Å². The Labute approximate surface area is 188 Å². The molecule has 0 amide bonds. The first-order valence-corrected chi connectivity index (χ1v) is 11.6. The van der Waals surface area contributed by atoms with Crippen LogP contribution in [0, 0.1) is 6.92 Å². The van der Waals surface area contributed by atoms with Crippen molar-refractivity contribution >= 4 is 31.7 Å². The first kappa shape index (κ1) is 21.4. The minimum absolute atomic E-state index is 0.0307. The number of pyridine rings is 2. The van der Waals surface area contributed by atoms with Crippen LogP contribution in [0.1, 0.15) is 53.1 Å². The molecule has 2 aliphatic rings. The molecule has 0 saturated heterocycles. The Balaban J connectivity index is 1.85. The summed E-state index contributed by atoms with van der Waals surface area (Å²) < 4.78 is 6.99. The van der Waals surface area contributed by atoms with E-state index in [1.807, 2.05) is 0 Å². The molecule has 2 atom stereocenters. The van der Waals surface area contributed by atoms with Crippen LogP contribution in [-0.2, 0) is 41.1 Å². The first-order valence-electron chi connectivity index (χ1n) is 11.0. The van der Waals surface area contributed by atoms with Crippen molar-refractivity contribution in [3.8, 4) is 11.4 Å². The molecule has 0 fully saturated rings. The van der Waals surface area contributed by atoms with E-state index in [-0.39, 0.29) is 18.6 Å². The van der Waals surface area contributed by atoms with Gasteiger partial charge in [-0.25, -0.2) is 4.98 Å². The minimum atomic E-state index is -1.74. The second-order valence-corrected chi connectivity index (χ2v) is 9.50. The number of carbonyl (C=O) groups excluding carboxylic acids is 1. The van der Waals surface area contributed by atoms with Crippen LogP contribution in [0.15, 0.2) is 16.9 Å². The lowest BCUT2D eigenvalue weighted by atomic mass is 9.85. The van der Waals surface area contributed by atoms with Crippen molar-refractivity contribution in [1.29, 1.82) is 0 Å². The Morgan fingerprint density at radius 3 is 2.72 bits per heavy atom. The Bertz CT molecular complexity index is 1360. The molecule has 1 aromatic carbocycles.